The Kier molecular flexibility index (Phi) is 5.01. The van der Waals surface area contributed by atoms with E-state index in [1.165, 1.54) is 19.3 Å². The Balaban J connectivity index is 1.96. The fraction of sp³-hybridized carbons (Fsp3) is 0.929. The van der Waals surface area contributed by atoms with E-state index >= 15 is 0 Å². The molecule has 4 heteroatoms. The van der Waals surface area contributed by atoms with Gasteiger partial charge in [0.05, 0.1) is 13.2 Å². The Morgan fingerprint density at radius 3 is 2.50 bits per heavy atom. The van der Waals surface area contributed by atoms with Crippen LogP contribution in [0.1, 0.15) is 45.4 Å². The summed E-state index contributed by atoms with van der Waals surface area (Å²) in [5.41, 5.74) is -0.220. The average Bonchev–Trinajstić information content (AvgIpc) is 2.40. The van der Waals surface area contributed by atoms with Gasteiger partial charge in [0.2, 0.25) is 0 Å². The lowest BCUT2D eigenvalue weighted by Gasteiger charge is -2.41. The molecule has 0 unspecified atom stereocenters. The van der Waals surface area contributed by atoms with Crippen LogP contribution in [0.4, 0.5) is 0 Å². The summed E-state index contributed by atoms with van der Waals surface area (Å²) in [5.74, 6) is -0.0508. The number of morpholine rings is 1. The van der Waals surface area contributed by atoms with Gasteiger partial charge in [-0.15, -0.1) is 0 Å². The number of nitrogens with zero attached hydrogens (tertiary/aromatic N) is 1. The minimum absolute atomic E-state index is 0.0508. The molecule has 1 saturated carbocycles. The number of hydrogen-bond donors (Lipinski definition) is 0. The van der Waals surface area contributed by atoms with Crippen molar-refractivity contribution in [1.82, 2.24) is 4.90 Å². The van der Waals surface area contributed by atoms with E-state index in [-0.39, 0.29) is 11.6 Å². The smallest absolute Gasteiger partial charge is 0.306 e. The van der Waals surface area contributed by atoms with Gasteiger partial charge in [-0.1, -0.05) is 13.3 Å². The molecule has 0 aromatic rings. The summed E-state index contributed by atoms with van der Waals surface area (Å²) in [6.45, 7) is 6.29. The monoisotopic (exact) mass is 255 g/mol. The van der Waals surface area contributed by atoms with E-state index in [9.17, 15) is 4.79 Å². The van der Waals surface area contributed by atoms with Crippen LogP contribution in [-0.4, -0.2) is 49.3 Å². The van der Waals surface area contributed by atoms with Gasteiger partial charge in [-0.05, 0) is 25.7 Å². The highest BCUT2D eigenvalue weighted by Crippen LogP contribution is 2.33. The van der Waals surface area contributed by atoms with E-state index in [1.807, 2.05) is 6.92 Å². The summed E-state index contributed by atoms with van der Waals surface area (Å²) in [6, 6.07) is 0. The average molecular weight is 255 g/mol. The predicted octanol–water partition coefficient (Wildman–Crippen LogP) is 1.97. The highest BCUT2D eigenvalue weighted by molar-refractivity contribution is 5.69. The van der Waals surface area contributed by atoms with Crippen LogP contribution in [-0.2, 0) is 14.3 Å². The Bertz CT molecular complexity index is 268. The molecule has 1 aliphatic heterocycles. The molecule has 2 rings (SSSR count). The topological polar surface area (TPSA) is 38.8 Å². The molecular formula is C14H25NO3. The molecule has 0 aromatic heterocycles. The zero-order chi connectivity index (χ0) is 12.8. The summed E-state index contributed by atoms with van der Waals surface area (Å²) in [4.78, 5) is 14.0. The maximum atomic E-state index is 11.7. The first-order valence-electron chi connectivity index (χ1n) is 7.26. The van der Waals surface area contributed by atoms with Crippen molar-refractivity contribution in [2.24, 2.45) is 0 Å². The van der Waals surface area contributed by atoms with Gasteiger partial charge in [0.25, 0.3) is 0 Å². The maximum absolute atomic E-state index is 11.7. The van der Waals surface area contributed by atoms with Gasteiger partial charge in [-0.3, -0.25) is 9.69 Å². The molecule has 1 heterocycles. The summed E-state index contributed by atoms with van der Waals surface area (Å²) in [7, 11) is 0. The van der Waals surface area contributed by atoms with Crippen LogP contribution < -0.4 is 0 Å². The normalized spacial score (nSPS) is 24.7. The molecule has 18 heavy (non-hydrogen) atoms. The molecule has 1 saturated heterocycles. The van der Waals surface area contributed by atoms with Crippen molar-refractivity contribution >= 4 is 5.97 Å². The van der Waals surface area contributed by atoms with Crippen molar-refractivity contribution in [2.75, 3.05) is 32.8 Å². The first kappa shape index (κ1) is 13.8. The molecule has 0 aromatic carbocycles. The van der Waals surface area contributed by atoms with Gasteiger partial charge in [0, 0.05) is 26.1 Å². The van der Waals surface area contributed by atoms with E-state index in [4.69, 9.17) is 9.47 Å². The molecule has 1 aliphatic carbocycles. The SMILES string of the molecule is CCC(=O)OC1(CN2CCOCC2)CCCCC1. The van der Waals surface area contributed by atoms with Gasteiger partial charge in [0.15, 0.2) is 0 Å². The minimum atomic E-state index is -0.220. The molecule has 2 fully saturated rings. The lowest BCUT2D eigenvalue weighted by molar-refractivity contribution is -0.166. The van der Waals surface area contributed by atoms with Crippen LogP contribution in [0.3, 0.4) is 0 Å². The highest BCUT2D eigenvalue weighted by Gasteiger charge is 2.37. The van der Waals surface area contributed by atoms with Crippen molar-refractivity contribution < 1.29 is 14.3 Å². The third-order valence-electron chi connectivity index (χ3n) is 4.00. The lowest BCUT2D eigenvalue weighted by Crippen LogP contribution is -2.50. The summed E-state index contributed by atoms with van der Waals surface area (Å²) >= 11 is 0. The standard InChI is InChI=1S/C14H25NO3/c1-2-13(16)18-14(6-4-3-5-7-14)12-15-8-10-17-11-9-15/h2-12H2,1H3. The quantitative estimate of drug-likeness (QED) is 0.720. The third-order valence-corrected chi connectivity index (χ3v) is 4.00. The minimum Gasteiger partial charge on any atom is -0.458 e. The predicted molar refractivity (Wildman–Crippen MR) is 69.5 cm³/mol. The molecule has 2 aliphatic rings. The molecular weight excluding hydrogens is 230 g/mol. The van der Waals surface area contributed by atoms with E-state index in [1.54, 1.807) is 0 Å². The first-order chi connectivity index (χ1) is 8.74. The molecule has 0 N–H and O–H groups in total. The fourth-order valence-corrected chi connectivity index (χ4v) is 2.97. The third kappa shape index (κ3) is 3.69. The Morgan fingerprint density at radius 1 is 1.22 bits per heavy atom. The van der Waals surface area contributed by atoms with Crippen molar-refractivity contribution in [3.63, 3.8) is 0 Å². The number of rotatable bonds is 4. The second kappa shape index (κ2) is 6.53. The molecule has 104 valence electrons. The van der Waals surface area contributed by atoms with Crippen LogP contribution in [0.25, 0.3) is 0 Å². The summed E-state index contributed by atoms with van der Waals surface area (Å²) in [6.07, 6.45) is 6.16. The number of ether oxygens (including phenoxy) is 2. The van der Waals surface area contributed by atoms with Crippen LogP contribution in [0.2, 0.25) is 0 Å². The maximum Gasteiger partial charge on any atom is 0.306 e. The van der Waals surface area contributed by atoms with E-state index in [2.05, 4.69) is 4.90 Å². The second-order valence-corrected chi connectivity index (χ2v) is 5.46. The summed E-state index contributed by atoms with van der Waals surface area (Å²) < 4.78 is 11.2. The number of hydrogen-bond acceptors (Lipinski definition) is 4. The zero-order valence-corrected chi connectivity index (χ0v) is 11.5. The summed E-state index contributed by atoms with van der Waals surface area (Å²) in [5, 5.41) is 0. The Hall–Kier alpha value is -0.610. The first-order valence-corrected chi connectivity index (χ1v) is 7.26. The molecule has 0 amide bonds. The van der Waals surface area contributed by atoms with Crippen LogP contribution in [0.15, 0.2) is 0 Å². The van der Waals surface area contributed by atoms with Gasteiger partial charge < -0.3 is 9.47 Å². The van der Waals surface area contributed by atoms with Crippen molar-refractivity contribution in [3.8, 4) is 0 Å². The van der Waals surface area contributed by atoms with E-state index in [0.29, 0.717) is 6.42 Å². The highest BCUT2D eigenvalue weighted by atomic mass is 16.6. The van der Waals surface area contributed by atoms with Crippen molar-refractivity contribution in [3.05, 3.63) is 0 Å². The Labute approximate surface area is 110 Å². The van der Waals surface area contributed by atoms with Crippen LogP contribution >= 0.6 is 0 Å². The molecule has 0 atom stereocenters. The van der Waals surface area contributed by atoms with Gasteiger partial charge in [-0.25, -0.2) is 0 Å². The molecule has 4 nitrogen and oxygen atoms in total. The molecule has 0 bridgehead atoms. The Morgan fingerprint density at radius 2 is 1.89 bits per heavy atom. The zero-order valence-electron chi connectivity index (χ0n) is 11.5. The van der Waals surface area contributed by atoms with Crippen LogP contribution in [0, 0.1) is 0 Å². The lowest BCUT2D eigenvalue weighted by atomic mass is 9.84. The second-order valence-electron chi connectivity index (χ2n) is 5.46. The van der Waals surface area contributed by atoms with E-state index < -0.39 is 0 Å². The fourth-order valence-electron chi connectivity index (χ4n) is 2.97. The van der Waals surface area contributed by atoms with Gasteiger partial charge in [0.1, 0.15) is 5.60 Å². The van der Waals surface area contributed by atoms with Gasteiger partial charge >= 0.3 is 5.97 Å². The van der Waals surface area contributed by atoms with Gasteiger partial charge in [-0.2, -0.15) is 0 Å². The number of carbonyl (C=O) groups excluding carboxylic acids is 1. The van der Waals surface area contributed by atoms with Crippen LogP contribution in [0.5, 0.6) is 0 Å². The van der Waals surface area contributed by atoms with E-state index in [0.717, 1.165) is 45.7 Å². The molecule has 0 spiro atoms. The largest absolute Gasteiger partial charge is 0.458 e. The van der Waals surface area contributed by atoms with Crippen molar-refractivity contribution in [1.29, 1.82) is 0 Å². The number of esters is 1. The van der Waals surface area contributed by atoms with Crippen molar-refractivity contribution in [2.45, 2.75) is 51.0 Å². The molecule has 0 radical (unpaired) electrons. The number of carbonyl (C=O) groups is 1.